The van der Waals surface area contributed by atoms with Crippen LogP contribution < -0.4 is 10.5 Å². The second kappa shape index (κ2) is 5.78. The fourth-order valence-corrected chi connectivity index (χ4v) is 2.52. The van der Waals surface area contributed by atoms with Gasteiger partial charge in [-0.05, 0) is 36.2 Å². The zero-order chi connectivity index (χ0) is 14.8. The molecule has 1 aromatic heterocycles. The molecule has 0 saturated heterocycles. The third-order valence-corrected chi connectivity index (χ3v) is 4.14. The maximum absolute atomic E-state index is 11.2. The molecule has 0 fully saturated rings. The van der Waals surface area contributed by atoms with Gasteiger partial charge in [-0.1, -0.05) is 12.1 Å². The van der Waals surface area contributed by atoms with Crippen molar-refractivity contribution in [3.63, 3.8) is 0 Å². The number of hydrogen-bond donors (Lipinski definition) is 2. The Morgan fingerprint density at radius 2 is 1.90 bits per heavy atom. The lowest BCUT2D eigenvalue weighted by molar-refractivity contribution is 0.573. The van der Waals surface area contributed by atoms with Gasteiger partial charge < -0.3 is 9.88 Å². The predicted molar refractivity (Wildman–Crippen MR) is 78.5 cm³/mol. The van der Waals surface area contributed by atoms with Crippen LogP contribution in [0.25, 0.3) is 0 Å². The number of sulfonamides is 1. The Morgan fingerprint density at radius 1 is 1.25 bits per heavy atom. The van der Waals surface area contributed by atoms with E-state index in [1.807, 2.05) is 24.7 Å². The third kappa shape index (κ3) is 3.69. The van der Waals surface area contributed by atoms with Crippen LogP contribution in [-0.2, 0) is 23.6 Å². The van der Waals surface area contributed by atoms with Crippen LogP contribution in [0.3, 0.4) is 0 Å². The molecule has 0 aliphatic carbocycles. The number of benzene rings is 1. The minimum atomic E-state index is -3.62. The first-order valence-electron chi connectivity index (χ1n) is 6.33. The van der Waals surface area contributed by atoms with E-state index in [1.165, 1.54) is 17.7 Å². The molecule has 0 saturated carbocycles. The zero-order valence-electron chi connectivity index (χ0n) is 11.6. The molecule has 1 aromatic carbocycles. The third-order valence-electron chi connectivity index (χ3n) is 3.21. The van der Waals surface area contributed by atoms with Gasteiger partial charge in [0.15, 0.2) is 0 Å². The van der Waals surface area contributed by atoms with Gasteiger partial charge in [-0.3, -0.25) is 0 Å². The van der Waals surface area contributed by atoms with Crippen molar-refractivity contribution in [3.05, 3.63) is 53.9 Å². The summed E-state index contributed by atoms with van der Waals surface area (Å²) in [6, 6.07) is 8.82. The first-order chi connectivity index (χ1) is 9.36. The number of aryl methyl sites for hydroxylation is 1. The van der Waals surface area contributed by atoms with E-state index in [-0.39, 0.29) is 10.9 Å². The maximum atomic E-state index is 11.2. The summed E-state index contributed by atoms with van der Waals surface area (Å²) < 4.78 is 24.4. The maximum Gasteiger partial charge on any atom is 0.238 e. The second-order valence-electron chi connectivity index (χ2n) is 4.90. The molecule has 20 heavy (non-hydrogen) atoms. The van der Waals surface area contributed by atoms with Crippen LogP contribution in [0.1, 0.15) is 24.1 Å². The summed E-state index contributed by atoms with van der Waals surface area (Å²) in [6.07, 6.45) is 4.06. The monoisotopic (exact) mass is 293 g/mol. The zero-order valence-corrected chi connectivity index (χ0v) is 12.4. The van der Waals surface area contributed by atoms with Crippen molar-refractivity contribution in [1.82, 2.24) is 9.88 Å². The standard InChI is InChI=1S/C14H19N3O2S/c1-11(16-9-12-7-8-17(2)10-12)13-3-5-14(6-4-13)20(15,18)19/h3-8,10-11,16H,9H2,1-2H3,(H2,15,18,19). The molecule has 0 amide bonds. The van der Waals surface area contributed by atoms with Crippen LogP contribution in [0.5, 0.6) is 0 Å². The number of nitrogens with zero attached hydrogens (tertiary/aromatic N) is 1. The summed E-state index contributed by atoms with van der Waals surface area (Å²) >= 11 is 0. The van der Waals surface area contributed by atoms with Gasteiger partial charge in [0.05, 0.1) is 4.90 Å². The van der Waals surface area contributed by atoms with Crippen molar-refractivity contribution >= 4 is 10.0 Å². The van der Waals surface area contributed by atoms with Gasteiger partial charge in [-0.25, -0.2) is 13.6 Å². The Kier molecular flexibility index (Phi) is 4.27. The minimum Gasteiger partial charge on any atom is -0.357 e. The number of nitrogens with two attached hydrogens (primary N) is 1. The molecular weight excluding hydrogens is 274 g/mol. The van der Waals surface area contributed by atoms with Gasteiger partial charge in [0.1, 0.15) is 0 Å². The van der Waals surface area contributed by atoms with E-state index in [9.17, 15) is 8.42 Å². The van der Waals surface area contributed by atoms with E-state index in [0.29, 0.717) is 0 Å². The lowest BCUT2D eigenvalue weighted by atomic mass is 10.1. The predicted octanol–water partition coefficient (Wildman–Crippen LogP) is 1.52. The van der Waals surface area contributed by atoms with Crippen molar-refractivity contribution in [2.75, 3.05) is 0 Å². The molecule has 6 heteroatoms. The van der Waals surface area contributed by atoms with E-state index in [4.69, 9.17) is 5.14 Å². The Bertz CT molecular complexity index is 675. The van der Waals surface area contributed by atoms with Crippen LogP contribution in [0, 0.1) is 0 Å². The molecule has 1 heterocycles. The molecule has 0 radical (unpaired) electrons. The van der Waals surface area contributed by atoms with Gasteiger partial charge in [-0.15, -0.1) is 0 Å². The van der Waals surface area contributed by atoms with Gasteiger partial charge in [0.25, 0.3) is 0 Å². The van der Waals surface area contributed by atoms with E-state index >= 15 is 0 Å². The van der Waals surface area contributed by atoms with Crippen LogP contribution in [-0.4, -0.2) is 13.0 Å². The van der Waals surface area contributed by atoms with Crippen LogP contribution in [0.2, 0.25) is 0 Å². The van der Waals surface area contributed by atoms with Crippen LogP contribution in [0.15, 0.2) is 47.6 Å². The highest BCUT2D eigenvalue weighted by molar-refractivity contribution is 7.89. The van der Waals surface area contributed by atoms with Gasteiger partial charge in [0, 0.05) is 32.0 Å². The Morgan fingerprint density at radius 3 is 2.40 bits per heavy atom. The molecule has 0 aliphatic rings. The van der Waals surface area contributed by atoms with Gasteiger partial charge in [-0.2, -0.15) is 0 Å². The van der Waals surface area contributed by atoms with Gasteiger partial charge in [0.2, 0.25) is 10.0 Å². The first kappa shape index (κ1) is 14.8. The molecule has 1 atom stereocenters. The molecule has 3 N–H and O–H groups in total. The molecular formula is C14H19N3O2S. The fourth-order valence-electron chi connectivity index (χ4n) is 2.00. The number of hydrogen-bond acceptors (Lipinski definition) is 3. The molecule has 0 bridgehead atoms. The summed E-state index contributed by atoms with van der Waals surface area (Å²) in [5.41, 5.74) is 2.23. The molecule has 0 spiro atoms. The summed E-state index contributed by atoms with van der Waals surface area (Å²) in [6.45, 7) is 2.80. The smallest absolute Gasteiger partial charge is 0.238 e. The summed E-state index contributed by atoms with van der Waals surface area (Å²) in [5.74, 6) is 0. The van der Waals surface area contributed by atoms with E-state index in [0.717, 1.165) is 12.1 Å². The molecule has 1 unspecified atom stereocenters. The molecule has 108 valence electrons. The van der Waals surface area contributed by atoms with E-state index < -0.39 is 10.0 Å². The topological polar surface area (TPSA) is 77.1 Å². The van der Waals surface area contributed by atoms with Crippen molar-refractivity contribution in [3.8, 4) is 0 Å². The Balaban J connectivity index is 2.00. The minimum absolute atomic E-state index is 0.129. The van der Waals surface area contributed by atoms with Crippen molar-refractivity contribution in [2.24, 2.45) is 12.2 Å². The fraction of sp³-hybridized carbons (Fsp3) is 0.286. The quantitative estimate of drug-likeness (QED) is 0.877. The van der Waals surface area contributed by atoms with Crippen molar-refractivity contribution < 1.29 is 8.42 Å². The summed E-state index contributed by atoms with van der Waals surface area (Å²) in [5, 5.41) is 8.47. The highest BCUT2D eigenvalue weighted by Gasteiger charge is 2.09. The SMILES string of the molecule is CC(NCc1ccn(C)c1)c1ccc(S(N)(=O)=O)cc1. The number of nitrogens with one attached hydrogen (secondary N) is 1. The molecule has 2 aromatic rings. The molecule has 5 nitrogen and oxygen atoms in total. The molecule has 2 rings (SSSR count). The Labute approximate surface area is 119 Å². The highest BCUT2D eigenvalue weighted by Crippen LogP contribution is 2.16. The normalized spacial score (nSPS) is 13.3. The second-order valence-corrected chi connectivity index (χ2v) is 6.46. The van der Waals surface area contributed by atoms with Crippen molar-refractivity contribution in [1.29, 1.82) is 0 Å². The van der Waals surface area contributed by atoms with Crippen LogP contribution >= 0.6 is 0 Å². The van der Waals surface area contributed by atoms with Crippen LogP contribution in [0.4, 0.5) is 0 Å². The lowest BCUT2D eigenvalue weighted by Gasteiger charge is -2.14. The highest BCUT2D eigenvalue weighted by atomic mass is 32.2. The first-order valence-corrected chi connectivity index (χ1v) is 7.88. The molecule has 0 aliphatic heterocycles. The summed E-state index contributed by atoms with van der Waals surface area (Å²) in [7, 11) is -1.64. The average molecular weight is 293 g/mol. The lowest BCUT2D eigenvalue weighted by Crippen LogP contribution is -2.18. The summed E-state index contributed by atoms with van der Waals surface area (Å²) in [4.78, 5) is 0.136. The number of primary sulfonamides is 1. The number of aromatic nitrogens is 1. The average Bonchev–Trinajstić information content (AvgIpc) is 2.81. The van der Waals surface area contributed by atoms with Gasteiger partial charge >= 0.3 is 0 Å². The Hall–Kier alpha value is -1.63. The van der Waals surface area contributed by atoms with E-state index in [2.05, 4.69) is 17.6 Å². The number of rotatable bonds is 5. The van der Waals surface area contributed by atoms with Crippen molar-refractivity contribution in [2.45, 2.75) is 24.4 Å². The van der Waals surface area contributed by atoms with E-state index in [1.54, 1.807) is 12.1 Å². The largest absolute Gasteiger partial charge is 0.357 e.